The van der Waals surface area contributed by atoms with Gasteiger partial charge in [-0.2, -0.15) is 0 Å². The number of rotatable bonds is 3. The van der Waals surface area contributed by atoms with Crippen molar-refractivity contribution in [3.8, 4) is 0 Å². The zero-order chi connectivity index (χ0) is 10.8. The van der Waals surface area contributed by atoms with Gasteiger partial charge in [-0.3, -0.25) is 9.59 Å². The highest BCUT2D eigenvalue weighted by Gasteiger charge is 2.18. The number of fused-ring (bicyclic) bond motifs is 1. The molecule has 4 heteroatoms. The van der Waals surface area contributed by atoms with Crippen molar-refractivity contribution in [2.24, 2.45) is 0 Å². The van der Waals surface area contributed by atoms with Gasteiger partial charge in [0, 0.05) is 17.1 Å². The van der Waals surface area contributed by atoms with Gasteiger partial charge in [0.1, 0.15) is 6.61 Å². The summed E-state index contributed by atoms with van der Waals surface area (Å²) < 4.78 is 0. The molecule has 1 aromatic heterocycles. The molecule has 2 rings (SSSR count). The lowest BCUT2D eigenvalue weighted by Gasteiger charge is -1.94. The Hall–Kier alpha value is -1.94. The summed E-state index contributed by atoms with van der Waals surface area (Å²) in [5.41, 5.74) is 1.11. The van der Waals surface area contributed by atoms with Crippen LogP contribution in [0.1, 0.15) is 10.4 Å². The van der Waals surface area contributed by atoms with E-state index in [1.165, 1.54) is 6.20 Å². The molecule has 4 nitrogen and oxygen atoms in total. The second-order valence-corrected chi connectivity index (χ2v) is 3.16. The van der Waals surface area contributed by atoms with Crippen molar-refractivity contribution >= 4 is 22.5 Å². The molecule has 0 bridgehead atoms. The predicted octanol–water partition coefficient (Wildman–Crippen LogP) is 0.912. The number of ketones is 2. The first-order valence-corrected chi connectivity index (χ1v) is 4.48. The predicted molar refractivity (Wildman–Crippen MR) is 54.7 cm³/mol. The van der Waals surface area contributed by atoms with Crippen LogP contribution in [0.3, 0.4) is 0 Å². The molecule has 0 saturated heterocycles. The minimum Gasteiger partial charge on any atom is -0.388 e. The summed E-state index contributed by atoms with van der Waals surface area (Å²) in [7, 11) is 0. The number of hydrogen-bond donors (Lipinski definition) is 2. The van der Waals surface area contributed by atoms with Gasteiger partial charge in [0.15, 0.2) is 0 Å². The molecule has 76 valence electrons. The second kappa shape index (κ2) is 3.67. The molecular weight excluding hydrogens is 194 g/mol. The fraction of sp³-hybridized carbons (Fsp3) is 0.0909. The highest BCUT2D eigenvalue weighted by molar-refractivity contribution is 6.46. The van der Waals surface area contributed by atoms with E-state index in [-0.39, 0.29) is 0 Å². The summed E-state index contributed by atoms with van der Waals surface area (Å²) in [4.78, 5) is 25.5. The van der Waals surface area contributed by atoms with E-state index >= 15 is 0 Å². The molecule has 0 aliphatic carbocycles. The number of aliphatic hydroxyl groups excluding tert-OH is 1. The number of aromatic nitrogens is 1. The Morgan fingerprint density at radius 3 is 2.73 bits per heavy atom. The van der Waals surface area contributed by atoms with E-state index in [1.807, 2.05) is 12.1 Å². The van der Waals surface area contributed by atoms with Crippen molar-refractivity contribution in [1.29, 1.82) is 0 Å². The lowest BCUT2D eigenvalue weighted by Crippen LogP contribution is -2.17. The third-order valence-corrected chi connectivity index (χ3v) is 2.23. The zero-order valence-corrected chi connectivity index (χ0v) is 7.86. The number of carbonyl (C=O) groups is 2. The van der Waals surface area contributed by atoms with E-state index in [2.05, 4.69) is 4.98 Å². The Morgan fingerprint density at radius 2 is 2.00 bits per heavy atom. The van der Waals surface area contributed by atoms with Crippen LogP contribution in [-0.4, -0.2) is 28.3 Å². The minimum atomic E-state index is -0.792. The Kier molecular flexibility index (Phi) is 2.35. The van der Waals surface area contributed by atoms with Crippen LogP contribution in [0.2, 0.25) is 0 Å². The van der Waals surface area contributed by atoms with Crippen molar-refractivity contribution in [1.82, 2.24) is 4.98 Å². The average molecular weight is 203 g/mol. The Balaban J connectivity index is 2.53. The summed E-state index contributed by atoms with van der Waals surface area (Å²) in [5.74, 6) is -1.45. The fourth-order valence-corrected chi connectivity index (χ4v) is 1.48. The summed E-state index contributed by atoms with van der Waals surface area (Å²) in [6.45, 7) is -0.752. The van der Waals surface area contributed by atoms with E-state index < -0.39 is 18.2 Å². The molecule has 0 radical (unpaired) electrons. The van der Waals surface area contributed by atoms with E-state index in [1.54, 1.807) is 12.1 Å². The Bertz CT molecular complexity index is 527. The van der Waals surface area contributed by atoms with Crippen LogP contribution in [-0.2, 0) is 4.79 Å². The van der Waals surface area contributed by atoms with Crippen LogP contribution >= 0.6 is 0 Å². The standard InChI is InChI=1S/C11H9NO3/c13-6-10(14)11(15)8-5-12-9-4-2-1-3-7(8)9/h1-5,12-13H,6H2. The second-order valence-electron chi connectivity index (χ2n) is 3.16. The van der Waals surface area contributed by atoms with E-state index in [0.717, 1.165) is 5.52 Å². The van der Waals surface area contributed by atoms with Crippen LogP contribution in [0.4, 0.5) is 0 Å². The van der Waals surface area contributed by atoms with Gasteiger partial charge >= 0.3 is 0 Å². The number of carbonyl (C=O) groups excluding carboxylic acids is 2. The molecule has 0 atom stereocenters. The molecule has 0 aliphatic rings. The summed E-state index contributed by atoms with van der Waals surface area (Å²) >= 11 is 0. The van der Waals surface area contributed by atoms with Crippen molar-refractivity contribution < 1.29 is 14.7 Å². The first-order valence-electron chi connectivity index (χ1n) is 4.48. The fourth-order valence-electron chi connectivity index (χ4n) is 1.48. The zero-order valence-electron chi connectivity index (χ0n) is 7.86. The van der Waals surface area contributed by atoms with Gasteiger partial charge < -0.3 is 10.1 Å². The first-order chi connectivity index (χ1) is 7.24. The molecule has 0 aliphatic heterocycles. The number of benzene rings is 1. The molecule has 0 amide bonds. The summed E-state index contributed by atoms with van der Waals surface area (Å²) in [6.07, 6.45) is 1.49. The van der Waals surface area contributed by atoms with Gasteiger partial charge in [-0.15, -0.1) is 0 Å². The van der Waals surface area contributed by atoms with Crippen molar-refractivity contribution in [3.05, 3.63) is 36.0 Å². The van der Waals surface area contributed by atoms with E-state index in [9.17, 15) is 9.59 Å². The SMILES string of the molecule is O=C(CO)C(=O)c1c[nH]c2ccccc12. The van der Waals surface area contributed by atoms with Gasteiger partial charge in [0.05, 0.1) is 5.56 Å². The van der Waals surface area contributed by atoms with Crippen LogP contribution < -0.4 is 0 Å². The minimum absolute atomic E-state index is 0.310. The van der Waals surface area contributed by atoms with Crippen molar-refractivity contribution in [2.45, 2.75) is 0 Å². The largest absolute Gasteiger partial charge is 0.388 e. The van der Waals surface area contributed by atoms with Gasteiger partial charge in [-0.05, 0) is 6.07 Å². The van der Waals surface area contributed by atoms with Gasteiger partial charge in [0.2, 0.25) is 11.6 Å². The Labute approximate surface area is 85.5 Å². The lowest BCUT2D eigenvalue weighted by molar-refractivity contribution is -0.117. The lowest BCUT2D eigenvalue weighted by atomic mass is 10.1. The molecule has 0 saturated carbocycles. The number of para-hydroxylation sites is 1. The maximum absolute atomic E-state index is 11.5. The number of aromatic amines is 1. The van der Waals surface area contributed by atoms with Crippen molar-refractivity contribution in [3.63, 3.8) is 0 Å². The normalized spacial score (nSPS) is 10.5. The third kappa shape index (κ3) is 1.55. The maximum atomic E-state index is 11.5. The van der Waals surface area contributed by atoms with Crippen LogP contribution in [0, 0.1) is 0 Å². The highest BCUT2D eigenvalue weighted by atomic mass is 16.3. The third-order valence-electron chi connectivity index (χ3n) is 2.23. The van der Waals surface area contributed by atoms with Gasteiger partial charge in [-0.1, -0.05) is 18.2 Å². The summed E-state index contributed by atoms with van der Waals surface area (Å²) in [6, 6.07) is 7.19. The molecule has 1 heterocycles. The number of Topliss-reactive ketones (excluding diaryl/α,β-unsaturated/α-hetero) is 2. The number of aliphatic hydroxyl groups is 1. The monoisotopic (exact) mass is 203 g/mol. The quantitative estimate of drug-likeness (QED) is 0.575. The highest BCUT2D eigenvalue weighted by Crippen LogP contribution is 2.18. The van der Waals surface area contributed by atoms with E-state index in [0.29, 0.717) is 10.9 Å². The molecule has 1 aromatic carbocycles. The summed E-state index contributed by atoms with van der Waals surface area (Å²) in [5, 5.41) is 9.29. The molecular formula is C11H9NO3. The first kappa shape index (κ1) is 9.61. The molecule has 0 spiro atoms. The number of hydrogen-bond acceptors (Lipinski definition) is 3. The van der Waals surface area contributed by atoms with Gasteiger partial charge in [0.25, 0.3) is 0 Å². The van der Waals surface area contributed by atoms with Gasteiger partial charge in [-0.25, -0.2) is 0 Å². The number of H-pyrrole nitrogens is 1. The molecule has 2 N–H and O–H groups in total. The molecule has 2 aromatic rings. The topological polar surface area (TPSA) is 70.2 Å². The number of nitrogens with one attached hydrogen (secondary N) is 1. The molecule has 15 heavy (non-hydrogen) atoms. The van der Waals surface area contributed by atoms with E-state index in [4.69, 9.17) is 5.11 Å². The molecule has 0 fully saturated rings. The average Bonchev–Trinajstić information content (AvgIpc) is 2.70. The maximum Gasteiger partial charge on any atom is 0.233 e. The Morgan fingerprint density at radius 1 is 1.27 bits per heavy atom. The van der Waals surface area contributed by atoms with Crippen LogP contribution in [0.25, 0.3) is 10.9 Å². The van der Waals surface area contributed by atoms with Crippen molar-refractivity contribution in [2.75, 3.05) is 6.61 Å². The smallest absolute Gasteiger partial charge is 0.233 e. The molecule has 0 unspecified atom stereocenters. The van der Waals surface area contributed by atoms with Crippen LogP contribution in [0.15, 0.2) is 30.5 Å². The van der Waals surface area contributed by atoms with Crippen LogP contribution in [0.5, 0.6) is 0 Å².